The quantitative estimate of drug-likeness (QED) is 0.520. The fourth-order valence-corrected chi connectivity index (χ4v) is 1.69. The molecule has 42 valence electrons. The first kappa shape index (κ1) is 5.41. The second-order valence-corrected chi connectivity index (χ2v) is 2.93. The minimum Gasteiger partial charge on any atom is -0.787 e. The van der Waals surface area contributed by atoms with Crippen molar-refractivity contribution >= 4 is 11.8 Å². The number of hydrogen-bond donors (Lipinski definition) is 1. The number of hydrogen-bond acceptors (Lipinski definition) is 3. The summed E-state index contributed by atoms with van der Waals surface area (Å²) in [6.07, 6.45) is 2.25. The number of nitrogens with one attached hydrogen (secondary N) is 1. The Balaban J connectivity index is 2.14. The monoisotopic (exact) mass is 118 g/mol. The summed E-state index contributed by atoms with van der Waals surface area (Å²) in [5.41, 5.74) is 1.98. The minimum atomic E-state index is 0.208. The molecule has 0 bridgehead atoms. The molecule has 0 amide bonds. The van der Waals surface area contributed by atoms with E-state index in [0.29, 0.717) is 0 Å². The molecule has 1 fully saturated rings. The Morgan fingerprint density at radius 2 is 2.57 bits per heavy atom. The highest BCUT2D eigenvalue weighted by Gasteiger charge is 2.09. The van der Waals surface area contributed by atoms with E-state index in [-0.39, 0.29) is 5.37 Å². The van der Waals surface area contributed by atoms with Gasteiger partial charge >= 0.3 is 0 Å². The second-order valence-electron chi connectivity index (χ2n) is 1.62. The van der Waals surface area contributed by atoms with Crippen LogP contribution in [0.4, 0.5) is 0 Å². The SMILES string of the molecule is [O-]N[C@@H]1CCCS1. The van der Waals surface area contributed by atoms with Crippen LogP contribution in [0.5, 0.6) is 0 Å². The van der Waals surface area contributed by atoms with Crippen LogP contribution in [0.3, 0.4) is 0 Å². The molecule has 0 aliphatic carbocycles. The lowest BCUT2D eigenvalue weighted by Crippen LogP contribution is -2.14. The molecule has 0 radical (unpaired) electrons. The molecule has 0 aromatic carbocycles. The van der Waals surface area contributed by atoms with Crippen LogP contribution in [0.1, 0.15) is 12.8 Å². The van der Waals surface area contributed by atoms with Crippen molar-refractivity contribution in [1.29, 1.82) is 0 Å². The van der Waals surface area contributed by atoms with Crippen LogP contribution < -0.4 is 5.48 Å². The van der Waals surface area contributed by atoms with Crippen LogP contribution >= 0.6 is 11.8 Å². The highest BCUT2D eigenvalue weighted by molar-refractivity contribution is 8.00. The maximum atomic E-state index is 9.86. The Kier molecular flexibility index (Phi) is 1.97. The maximum Gasteiger partial charge on any atom is 0.0419 e. The normalized spacial score (nSPS) is 31.3. The van der Waals surface area contributed by atoms with Crippen molar-refractivity contribution in [2.24, 2.45) is 0 Å². The third kappa shape index (κ3) is 1.33. The van der Waals surface area contributed by atoms with E-state index in [2.05, 4.69) is 0 Å². The maximum absolute atomic E-state index is 9.86. The molecule has 0 spiro atoms. The number of hydroxylamine groups is 1. The molecule has 1 aliphatic heterocycles. The Hall–Kier alpha value is 0.270. The van der Waals surface area contributed by atoms with Gasteiger partial charge in [0.25, 0.3) is 0 Å². The molecule has 3 heteroatoms. The highest BCUT2D eigenvalue weighted by atomic mass is 32.2. The molecule has 1 saturated heterocycles. The van der Waals surface area contributed by atoms with Crippen LogP contribution in [0, 0.1) is 5.21 Å². The van der Waals surface area contributed by atoms with E-state index in [0.717, 1.165) is 12.2 Å². The third-order valence-electron chi connectivity index (χ3n) is 1.06. The van der Waals surface area contributed by atoms with Gasteiger partial charge in [0.1, 0.15) is 0 Å². The van der Waals surface area contributed by atoms with Gasteiger partial charge in [0.2, 0.25) is 0 Å². The van der Waals surface area contributed by atoms with Gasteiger partial charge in [-0.2, -0.15) is 0 Å². The van der Waals surface area contributed by atoms with E-state index >= 15 is 0 Å². The summed E-state index contributed by atoms with van der Waals surface area (Å²) < 4.78 is 0. The van der Waals surface area contributed by atoms with Gasteiger partial charge in [-0.15, -0.1) is 11.8 Å². The molecular formula is C4H8NOS-. The van der Waals surface area contributed by atoms with E-state index < -0.39 is 0 Å². The van der Waals surface area contributed by atoms with Gasteiger partial charge in [0, 0.05) is 5.37 Å². The van der Waals surface area contributed by atoms with E-state index in [9.17, 15) is 5.21 Å². The molecule has 1 aliphatic rings. The minimum absolute atomic E-state index is 0.208. The Morgan fingerprint density at radius 3 is 2.86 bits per heavy atom. The predicted octanol–water partition coefficient (Wildman–Crippen LogP) is 0.927. The third-order valence-corrected chi connectivity index (χ3v) is 2.32. The molecule has 1 rings (SSSR count). The molecule has 1 N–H and O–H groups in total. The zero-order valence-corrected chi connectivity index (χ0v) is 4.83. The van der Waals surface area contributed by atoms with Gasteiger partial charge in [0.15, 0.2) is 0 Å². The summed E-state index contributed by atoms with van der Waals surface area (Å²) in [6, 6.07) is 0. The highest BCUT2D eigenvalue weighted by Crippen LogP contribution is 2.22. The van der Waals surface area contributed by atoms with Gasteiger partial charge < -0.3 is 10.7 Å². The van der Waals surface area contributed by atoms with Gasteiger partial charge in [-0.1, -0.05) is 0 Å². The fourth-order valence-electron chi connectivity index (χ4n) is 0.671. The van der Waals surface area contributed by atoms with Gasteiger partial charge in [0.05, 0.1) is 0 Å². The number of thioether (sulfide) groups is 1. The van der Waals surface area contributed by atoms with Crippen molar-refractivity contribution in [2.75, 3.05) is 5.75 Å². The molecule has 1 atom stereocenters. The van der Waals surface area contributed by atoms with Crippen molar-refractivity contribution in [3.63, 3.8) is 0 Å². The molecule has 1 heterocycles. The molecule has 2 nitrogen and oxygen atoms in total. The molecule has 7 heavy (non-hydrogen) atoms. The zero-order chi connectivity index (χ0) is 5.11. The van der Waals surface area contributed by atoms with Crippen molar-refractivity contribution in [3.05, 3.63) is 5.21 Å². The zero-order valence-electron chi connectivity index (χ0n) is 4.02. The average Bonchev–Trinajstić information content (AvgIpc) is 2.14. The predicted molar refractivity (Wildman–Crippen MR) is 32.0 cm³/mol. The first-order valence-corrected chi connectivity index (χ1v) is 3.47. The summed E-state index contributed by atoms with van der Waals surface area (Å²) in [6.45, 7) is 0. The first-order valence-electron chi connectivity index (χ1n) is 2.43. The lowest BCUT2D eigenvalue weighted by Gasteiger charge is -2.13. The van der Waals surface area contributed by atoms with Crippen LogP contribution in [-0.4, -0.2) is 11.1 Å². The van der Waals surface area contributed by atoms with E-state index in [1.54, 1.807) is 11.8 Å². The summed E-state index contributed by atoms with van der Waals surface area (Å²) in [5.74, 6) is 1.15. The summed E-state index contributed by atoms with van der Waals surface area (Å²) in [7, 11) is 0. The molecule has 0 aromatic rings. The molecule has 0 aromatic heterocycles. The van der Waals surface area contributed by atoms with Gasteiger partial charge in [-0.05, 0) is 18.6 Å². The van der Waals surface area contributed by atoms with E-state index in [1.165, 1.54) is 6.42 Å². The van der Waals surface area contributed by atoms with Crippen molar-refractivity contribution in [1.82, 2.24) is 5.48 Å². The molecule has 0 unspecified atom stereocenters. The summed E-state index contributed by atoms with van der Waals surface area (Å²) in [5, 5.41) is 10.1. The first-order chi connectivity index (χ1) is 3.43. The molecule has 0 saturated carbocycles. The van der Waals surface area contributed by atoms with Gasteiger partial charge in [-0.3, -0.25) is 0 Å². The smallest absolute Gasteiger partial charge is 0.0419 e. The van der Waals surface area contributed by atoms with Crippen molar-refractivity contribution in [2.45, 2.75) is 18.2 Å². The van der Waals surface area contributed by atoms with Crippen molar-refractivity contribution in [3.8, 4) is 0 Å². The summed E-state index contributed by atoms with van der Waals surface area (Å²) >= 11 is 1.72. The van der Waals surface area contributed by atoms with E-state index in [1.807, 2.05) is 5.48 Å². The topological polar surface area (TPSA) is 35.1 Å². The average molecular weight is 118 g/mol. The largest absolute Gasteiger partial charge is 0.787 e. The van der Waals surface area contributed by atoms with Crippen LogP contribution in [-0.2, 0) is 0 Å². The lowest BCUT2D eigenvalue weighted by atomic mass is 10.3. The number of rotatable bonds is 1. The Morgan fingerprint density at radius 1 is 1.71 bits per heavy atom. The Bertz CT molecular complexity index is 53.7. The van der Waals surface area contributed by atoms with Crippen LogP contribution in [0.2, 0.25) is 0 Å². The summed E-state index contributed by atoms with van der Waals surface area (Å²) in [4.78, 5) is 0. The van der Waals surface area contributed by atoms with Crippen LogP contribution in [0.25, 0.3) is 0 Å². The van der Waals surface area contributed by atoms with Crippen molar-refractivity contribution < 1.29 is 0 Å². The van der Waals surface area contributed by atoms with Gasteiger partial charge in [-0.25, -0.2) is 0 Å². The van der Waals surface area contributed by atoms with Crippen LogP contribution in [0.15, 0.2) is 0 Å². The standard InChI is InChI=1S/C4H8NOS/c6-5-4-2-1-3-7-4/h4-5H,1-3H2/q-1/t4-/m0/s1. The van der Waals surface area contributed by atoms with E-state index in [4.69, 9.17) is 0 Å². The second kappa shape index (κ2) is 2.55. The Labute approximate surface area is 47.2 Å². The lowest BCUT2D eigenvalue weighted by molar-refractivity contribution is 0.728. The fraction of sp³-hybridized carbons (Fsp3) is 1.00. The molecular weight excluding hydrogens is 110 g/mol.